The van der Waals surface area contributed by atoms with Crippen LogP contribution < -0.4 is 5.73 Å². The van der Waals surface area contributed by atoms with Crippen molar-refractivity contribution >= 4 is 29.5 Å². The topological polar surface area (TPSA) is 29.3 Å². The largest absolute Gasteiger partial charge is 0.345 e. The summed E-state index contributed by atoms with van der Waals surface area (Å²) in [6.07, 6.45) is 0. The molecule has 60 valence electrons. The van der Waals surface area contributed by atoms with Crippen LogP contribution in [-0.4, -0.2) is 28.2 Å². The van der Waals surface area contributed by atoms with Crippen molar-refractivity contribution in [2.75, 3.05) is 12.3 Å². The molecule has 0 aromatic heterocycles. The maximum absolute atomic E-state index is 5.74. The molecule has 2 N–H and O–H groups in total. The lowest BCUT2D eigenvalue weighted by atomic mass is 10.7. The van der Waals surface area contributed by atoms with Gasteiger partial charge in [-0.2, -0.15) is 0 Å². The molecule has 0 fully saturated rings. The molecule has 0 aromatic carbocycles. The van der Waals surface area contributed by atoms with Crippen molar-refractivity contribution in [3.05, 3.63) is 0 Å². The van der Waals surface area contributed by atoms with E-state index < -0.39 is 0 Å². The average molecular weight is 178 g/mol. The third kappa shape index (κ3) is 3.39. The lowest BCUT2D eigenvalue weighted by molar-refractivity contribution is 0.441. The summed E-state index contributed by atoms with van der Waals surface area (Å²) in [4.78, 5) is 1.93. The number of hydrogen-bond donors (Lipinski definition) is 1. The zero-order valence-corrected chi connectivity index (χ0v) is 8.04. The molecular formula is C6H14N2S2. The van der Waals surface area contributed by atoms with Gasteiger partial charge in [-0.1, -0.05) is 19.1 Å². The van der Waals surface area contributed by atoms with E-state index in [0.29, 0.717) is 0 Å². The van der Waals surface area contributed by atoms with E-state index in [9.17, 15) is 0 Å². The zero-order valence-electron chi connectivity index (χ0n) is 6.41. The Morgan fingerprint density at radius 2 is 2.30 bits per heavy atom. The van der Waals surface area contributed by atoms with Crippen LogP contribution in [0.5, 0.6) is 0 Å². The summed E-state index contributed by atoms with van der Waals surface area (Å²) < 4.78 is 0. The molecule has 1 atom stereocenters. The molecule has 10 heavy (non-hydrogen) atoms. The molecule has 1 unspecified atom stereocenters. The van der Waals surface area contributed by atoms with Crippen LogP contribution >= 0.6 is 24.0 Å². The summed E-state index contributed by atoms with van der Waals surface area (Å²) in [5.74, 6) is 1.03. The van der Waals surface area contributed by atoms with Crippen LogP contribution in [0.1, 0.15) is 13.8 Å². The fraction of sp³-hybridized carbons (Fsp3) is 0.833. The van der Waals surface area contributed by atoms with Gasteiger partial charge in [-0.05, 0) is 12.7 Å². The molecule has 0 rings (SSSR count). The number of nitrogens with two attached hydrogens (primary N) is 1. The van der Waals surface area contributed by atoms with E-state index in [2.05, 4.69) is 6.92 Å². The predicted octanol–water partition coefficient (Wildman–Crippen LogP) is 1.26. The number of thioether (sulfide) groups is 1. The number of nitrogens with zero attached hydrogens (tertiary/aromatic N) is 1. The first-order valence-electron chi connectivity index (χ1n) is 3.34. The molecular weight excluding hydrogens is 164 g/mol. The van der Waals surface area contributed by atoms with Crippen molar-refractivity contribution in [2.24, 2.45) is 5.73 Å². The predicted molar refractivity (Wildman–Crippen MR) is 52.1 cm³/mol. The second kappa shape index (κ2) is 5.95. The summed E-state index contributed by atoms with van der Waals surface area (Å²) in [5, 5.41) is 0. The molecule has 0 amide bonds. The van der Waals surface area contributed by atoms with E-state index in [1.165, 1.54) is 0 Å². The Bertz CT molecular complexity index is 97.7. The summed E-state index contributed by atoms with van der Waals surface area (Å²) in [7, 11) is 0. The van der Waals surface area contributed by atoms with Crippen molar-refractivity contribution in [1.29, 1.82) is 0 Å². The van der Waals surface area contributed by atoms with Crippen LogP contribution in [0, 0.1) is 0 Å². The van der Waals surface area contributed by atoms with Crippen LogP contribution in [0.15, 0.2) is 0 Å². The molecule has 0 saturated heterocycles. The van der Waals surface area contributed by atoms with Crippen LogP contribution in [0.25, 0.3) is 0 Å². The van der Waals surface area contributed by atoms with Gasteiger partial charge in [0.05, 0.1) is 5.49 Å². The molecule has 0 aliphatic rings. The first kappa shape index (κ1) is 10.2. The SMILES string of the molecule is CCSC(N)N(C=S)CC. The molecule has 0 radical (unpaired) electrons. The monoisotopic (exact) mass is 178 g/mol. The third-order valence-electron chi connectivity index (χ3n) is 1.16. The fourth-order valence-electron chi connectivity index (χ4n) is 0.581. The Morgan fingerprint density at radius 3 is 2.60 bits per heavy atom. The summed E-state index contributed by atoms with van der Waals surface area (Å²) >= 11 is 6.46. The van der Waals surface area contributed by atoms with Gasteiger partial charge in [-0.25, -0.2) is 0 Å². The van der Waals surface area contributed by atoms with Gasteiger partial charge in [0.15, 0.2) is 0 Å². The fourth-order valence-corrected chi connectivity index (χ4v) is 1.68. The van der Waals surface area contributed by atoms with Crippen molar-refractivity contribution < 1.29 is 0 Å². The molecule has 2 nitrogen and oxygen atoms in total. The van der Waals surface area contributed by atoms with Gasteiger partial charge >= 0.3 is 0 Å². The minimum atomic E-state index is 0.0347. The molecule has 0 spiro atoms. The normalized spacial score (nSPS) is 12.7. The summed E-state index contributed by atoms with van der Waals surface area (Å²) in [6.45, 7) is 5.01. The average Bonchev–Trinajstić information content (AvgIpc) is 1.91. The van der Waals surface area contributed by atoms with Gasteiger partial charge in [0.1, 0.15) is 5.50 Å². The van der Waals surface area contributed by atoms with Gasteiger partial charge in [-0.15, -0.1) is 11.8 Å². The Hall–Kier alpha value is 0.200. The quantitative estimate of drug-likeness (QED) is 0.507. The Labute approximate surface area is 72.1 Å². The van der Waals surface area contributed by atoms with Gasteiger partial charge in [0, 0.05) is 6.54 Å². The van der Waals surface area contributed by atoms with E-state index in [4.69, 9.17) is 18.0 Å². The second-order valence-electron chi connectivity index (χ2n) is 1.78. The van der Waals surface area contributed by atoms with Crippen molar-refractivity contribution in [3.63, 3.8) is 0 Å². The van der Waals surface area contributed by atoms with Crippen LogP contribution in [0.3, 0.4) is 0 Å². The standard InChI is InChI=1S/C6H14N2S2/c1-3-8(5-9)6(7)10-4-2/h5-6H,3-4,7H2,1-2H3. The highest BCUT2D eigenvalue weighted by Crippen LogP contribution is 2.07. The Morgan fingerprint density at radius 1 is 1.70 bits per heavy atom. The van der Waals surface area contributed by atoms with Crippen molar-refractivity contribution in [2.45, 2.75) is 19.3 Å². The first-order chi connectivity index (χ1) is 4.76. The minimum Gasteiger partial charge on any atom is -0.345 e. The molecule has 4 heteroatoms. The molecule has 0 heterocycles. The zero-order chi connectivity index (χ0) is 7.98. The van der Waals surface area contributed by atoms with Crippen molar-refractivity contribution in [1.82, 2.24) is 4.90 Å². The minimum absolute atomic E-state index is 0.0347. The maximum atomic E-state index is 5.74. The van der Waals surface area contributed by atoms with Crippen LogP contribution in [0.4, 0.5) is 0 Å². The highest BCUT2D eigenvalue weighted by Gasteiger charge is 2.05. The van der Waals surface area contributed by atoms with Crippen LogP contribution in [-0.2, 0) is 0 Å². The Balaban J connectivity index is 3.63. The summed E-state index contributed by atoms with van der Waals surface area (Å²) in [5.41, 5.74) is 7.39. The molecule has 0 bridgehead atoms. The molecule has 0 saturated carbocycles. The van der Waals surface area contributed by atoms with E-state index >= 15 is 0 Å². The van der Waals surface area contributed by atoms with Gasteiger partial charge in [0.2, 0.25) is 0 Å². The number of rotatable bonds is 5. The second-order valence-corrected chi connectivity index (χ2v) is 3.39. The van der Waals surface area contributed by atoms with Gasteiger partial charge < -0.3 is 10.6 Å². The smallest absolute Gasteiger partial charge is 0.125 e. The lowest BCUT2D eigenvalue weighted by Gasteiger charge is -2.23. The van der Waals surface area contributed by atoms with E-state index in [1.54, 1.807) is 17.3 Å². The van der Waals surface area contributed by atoms with Gasteiger partial charge in [0.25, 0.3) is 0 Å². The lowest BCUT2D eigenvalue weighted by Crippen LogP contribution is -2.37. The maximum Gasteiger partial charge on any atom is 0.125 e. The molecule has 0 aliphatic heterocycles. The van der Waals surface area contributed by atoms with E-state index in [0.717, 1.165) is 12.3 Å². The highest BCUT2D eigenvalue weighted by atomic mass is 32.2. The Kier molecular flexibility index (Phi) is 6.06. The van der Waals surface area contributed by atoms with E-state index in [1.807, 2.05) is 11.8 Å². The highest BCUT2D eigenvalue weighted by molar-refractivity contribution is 7.99. The third-order valence-corrected chi connectivity index (χ3v) is 2.38. The molecule has 0 aliphatic carbocycles. The van der Waals surface area contributed by atoms with E-state index in [-0.39, 0.29) is 5.50 Å². The first-order valence-corrected chi connectivity index (χ1v) is 4.86. The van der Waals surface area contributed by atoms with Gasteiger partial charge in [-0.3, -0.25) is 0 Å². The molecule has 0 aromatic rings. The number of hydrogen-bond acceptors (Lipinski definition) is 3. The van der Waals surface area contributed by atoms with Crippen molar-refractivity contribution in [3.8, 4) is 0 Å². The van der Waals surface area contributed by atoms with Crippen LogP contribution in [0.2, 0.25) is 0 Å². The summed E-state index contributed by atoms with van der Waals surface area (Å²) in [6, 6.07) is 0. The number of thiocarbonyl (C=S) groups is 1.